The van der Waals surface area contributed by atoms with Crippen LogP contribution in [-0.2, 0) is 32.6 Å². The molecule has 0 aromatic heterocycles. The number of aryl methyl sites for hydroxylation is 1. The summed E-state index contributed by atoms with van der Waals surface area (Å²) in [4.78, 5) is 29.9. The molecule has 0 aliphatic carbocycles. The highest BCUT2D eigenvalue weighted by Gasteiger charge is 2.35. The lowest BCUT2D eigenvalue weighted by atomic mass is 10.0. The van der Waals surface area contributed by atoms with Gasteiger partial charge in [0, 0.05) is 30.0 Å². The molecule has 4 aromatic carbocycles. The fraction of sp³-hybridized carbons (Fsp3) is 0.278. The highest BCUT2D eigenvalue weighted by Crippen LogP contribution is 2.36. The summed E-state index contributed by atoms with van der Waals surface area (Å²) in [5.41, 5.74) is 2.64. The van der Waals surface area contributed by atoms with Crippen LogP contribution in [0.15, 0.2) is 106 Å². The zero-order valence-electron chi connectivity index (χ0n) is 27.0. The summed E-state index contributed by atoms with van der Waals surface area (Å²) in [5, 5.41) is 2.95. The van der Waals surface area contributed by atoms with Gasteiger partial charge in [-0.25, -0.2) is 8.42 Å². The summed E-state index contributed by atoms with van der Waals surface area (Å²) >= 11 is 3.46. The lowest BCUT2D eigenvalue weighted by molar-refractivity contribution is -0.140. The molecule has 248 valence electrons. The largest absolute Gasteiger partial charge is 0.497 e. The van der Waals surface area contributed by atoms with E-state index in [0.717, 1.165) is 25.5 Å². The second-order valence-corrected chi connectivity index (χ2v) is 13.8. The predicted molar refractivity (Wildman–Crippen MR) is 187 cm³/mol. The molecule has 0 saturated carbocycles. The summed E-state index contributed by atoms with van der Waals surface area (Å²) in [5.74, 6) is -0.283. The third kappa shape index (κ3) is 9.14. The van der Waals surface area contributed by atoms with Gasteiger partial charge in [0.2, 0.25) is 11.8 Å². The lowest BCUT2D eigenvalue weighted by Gasteiger charge is -2.34. The van der Waals surface area contributed by atoms with E-state index < -0.39 is 28.5 Å². The fourth-order valence-corrected chi connectivity index (χ4v) is 6.73. The Hall–Kier alpha value is -4.35. The van der Waals surface area contributed by atoms with Gasteiger partial charge < -0.3 is 19.7 Å². The van der Waals surface area contributed by atoms with Gasteiger partial charge in [-0.1, -0.05) is 83.0 Å². The molecule has 0 fully saturated rings. The fourth-order valence-electron chi connectivity index (χ4n) is 5.05. The van der Waals surface area contributed by atoms with E-state index in [9.17, 15) is 18.0 Å². The van der Waals surface area contributed by atoms with Crippen LogP contribution in [0.2, 0.25) is 0 Å². The highest BCUT2D eigenvalue weighted by atomic mass is 79.9. The van der Waals surface area contributed by atoms with Gasteiger partial charge in [0.05, 0.1) is 24.8 Å². The quantitative estimate of drug-likeness (QED) is 0.158. The standard InChI is InChI=1S/C36H40BrN3O6S/c1-5-21-38-36(42)33(22-27-9-7-6-8-10-27)39(24-28-13-15-29(37)16-14-28)35(41)25-40(32-23-30(45-3)17-20-34(32)46-4)47(43,44)31-18-11-26(2)12-19-31/h6-20,23,33H,5,21-22,24-25H2,1-4H3,(H,38,42). The molecule has 1 atom stereocenters. The summed E-state index contributed by atoms with van der Waals surface area (Å²) in [7, 11) is -1.41. The maximum absolute atomic E-state index is 14.7. The molecule has 0 spiro atoms. The van der Waals surface area contributed by atoms with E-state index in [1.807, 2.05) is 68.4 Å². The number of carbonyl (C=O) groups excluding carboxylic acids is 2. The van der Waals surface area contributed by atoms with E-state index in [4.69, 9.17) is 9.47 Å². The van der Waals surface area contributed by atoms with Crippen molar-refractivity contribution >= 4 is 43.5 Å². The zero-order valence-corrected chi connectivity index (χ0v) is 29.4. The van der Waals surface area contributed by atoms with Gasteiger partial charge in [-0.3, -0.25) is 13.9 Å². The van der Waals surface area contributed by atoms with Crippen molar-refractivity contribution in [2.45, 2.75) is 44.2 Å². The Labute approximate surface area is 285 Å². The normalized spacial score (nSPS) is 11.8. The number of carbonyl (C=O) groups is 2. The highest BCUT2D eigenvalue weighted by molar-refractivity contribution is 9.10. The molecule has 0 aliphatic heterocycles. The molecule has 47 heavy (non-hydrogen) atoms. The molecule has 9 nitrogen and oxygen atoms in total. The van der Waals surface area contributed by atoms with Crippen LogP contribution in [0.3, 0.4) is 0 Å². The third-order valence-corrected chi connectivity index (χ3v) is 9.93. The molecular formula is C36H40BrN3O6S. The number of benzene rings is 4. The molecule has 4 rings (SSSR count). The van der Waals surface area contributed by atoms with E-state index in [1.54, 1.807) is 24.3 Å². The maximum atomic E-state index is 14.7. The van der Waals surface area contributed by atoms with E-state index >= 15 is 0 Å². The minimum absolute atomic E-state index is 0.00163. The Kier molecular flexibility index (Phi) is 12.4. The Bertz CT molecular complexity index is 1750. The average Bonchev–Trinajstić information content (AvgIpc) is 3.08. The first kappa shape index (κ1) is 35.5. The number of anilines is 1. The second-order valence-electron chi connectivity index (χ2n) is 11.0. The first-order valence-corrected chi connectivity index (χ1v) is 17.5. The number of hydrogen-bond donors (Lipinski definition) is 1. The molecule has 0 radical (unpaired) electrons. The molecule has 0 saturated heterocycles. The van der Waals surface area contributed by atoms with Gasteiger partial charge in [0.25, 0.3) is 10.0 Å². The van der Waals surface area contributed by atoms with Crippen molar-refractivity contribution < 1.29 is 27.5 Å². The average molecular weight is 723 g/mol. The van der Waals surface area contributed by atoms with E-state index in [0.29, 0.717) is 18.7 Å². The predicted octanol–water partition coefficient (Wildman–Crippen LogP) is 6.14. The van der Waals surface area contributed by atoms with Crippen LogP contribution in [0.4, 0.5) is 5.69 Å². The number of amides is 2. The van der Waals surface area contributed by atoms with Crippen LogP contribution in [-0.4, -0.2) is 58.5 Å². The minimum atomic E-state index is -4.31. The first-order chi connectivity index (χ1) is 22.6. The summed E-state index contributed by atoms with van der Waals surface area (Å²) in [6.45, 7) is 3.70. The topological polar surface area (TPSA) is 105 Å². The molecule has 4 aromatic rings. The molecule has 0 aliphatic rings. The van der Waals surface area contributed by atoms with Gasteiger partial charge in [0.1, 0.15) is 24.1 Å². The number of rotatable bonds is 15. The smallest absolute Gasteiger partial charge is 0.264 e. The SMILES string of the molecule is CCCNC(=O)C(Cc1ccccc1)N(Cc1ccc(Br)cc1)C(=O)CN(c1cc(OC)ccc1OC)S(=O)(=O)c1ccc(C)cc1. The number of hydrogen-bond acceptors (Lipinski definition) is 6. The van der Waals surface area contributed by atoms with Gasteiger partial charge in [-0.2, -0.15) is 0 Å². The van der Waals surface area contributed by atoms with Gasteiger partial charge in [0.15, 0.2) is 0 Å². The molecule has 2 amide bonds. The Balaban J connectivity index is 1.85. The van der Waals surface area contributed by atoms with Crippen molar-refractivity contribution in [3.8, 4) is 11.5 Å². The number of nitrogens with zero attached hydrogens (tertiary/aromatic N) is 2. The third-order valence-electron chi connectivity index (χ3n) is 7.63. The van der Waals surface area contributed by atoms with Crippen LogP contribution in [0, 0.1) is 6.92 Å². The van der Waals surface area contributed by atoms with Crippen molar-refractivity contribution in [2.24, 2.45) is 0 Å². The molecule has 1 N–H and O–H groups in total. The lowest BCUT2D eigenvalue weighted by Crippen LogP contribution is -2.53. The summed E-state index contributed by atoms with van der Waals surface area (Å²) in [6, 6.07) is 27.1. The van der Waals surface area contributed by atoms with Crippen molar-refractivity contribution in [2.75, 3.05) is 31.6 Å². The molecule has 0 heterocycles. The van der Waals surface area contributed by atoms with Gasteiger partial charge in [-0.15, -0.1) is 0 Å². The van der Waals surface area contributed by atoms with Crippen LogP contribution in [0.5, 0.6) is 11.5 Å². The Morgan fingerprint density at radius 3 is 2.17 bits per heavy atom. The Morgan fingerprint density at radius 1 is 0.872 bits per heavy atom. The molecule has 1 unspecified atom stereocenters. The van der Waals surface area contributed by atoms with Crippen LogP contribution in [0.25, 0.3) is 0 Å². The van der Waals surface area contributed by atoms with Crippen LogP contribution >= 0.6 is 15.9 Å². The summed E-state index contributed by atoms with van der Waals surface area (Å²) in [6.07, 6.45) is 0.939. The van der Waals surface area contributed by atoms with E-state index in [-0.39, 0.29) is 35.2 Å². The van der Waals surface area contributed by atoms with Crippen LogP contribution < -0.4 is 19.1 Å². The first-order valence-electron chi connectivity index (χ1n) is 15.2. The number of sulfonamides is 1. The molecule has 11 heteroatoms. The van der Waals surface area contributed by atoms with Gasteiger partial charge >= 0.3 is 0 Å². The van der Waals surface area contributed by atoms with Crippen molar-refractivity contribution in [3.05, 3.63) is 118 Å². The number of nitrogens with one attached hydrogen (secondary N) is 1. The van der Waals surface area contributed by atoms with Crippen molar-refractivity contribution in [1.82, 2.24) is 10.2 Å². The van der Waals surface area contributed by atoms with Crippen molar-refractivity contribution in [1.29, 1.82) is 0 Å². The number of halogens is 1. The maximum Gasteiger partial charge on any atom is 0.264 e. The van der Waals surface area contributed by atoms with Crippen LogP contribution in [0.1, 0.15) is 30.0 Å². The minimum Gasteiger partial charge on any atom is -0.497 e. The monoisotopic (exact) mass is 721 g/mol. The molecular weight excluding hydrogens is 682 g/mol. The second kappa shape index (κ2) is 16.5. The van der Waals surface area contributed by atoms with E-state index in [1.165, 1.54) is 37.3 Å². The molecule has 0 bridgehead atoms. The Morgan fingerprint density at radius 2 is 1.55 bits per heavy atom. The zero-order chi connectivity index (χ0) is 34.0. The number of ether oxygens (including phenoxy) is 2. The van der Waals surface area contributed by atoms with Gasteiger partial charge in [-0.05, 0) is 60.9 Å². The summed E-state index contributed by atoms with van der Waals surface area (Å²) < 4.78 is 41.6. The van der Waals surface area contributed by atoms with E-state index in [2.05, 4.69) is 21.2 Å². The van der Waals surface area contributed by atoms with Crippen molar-refractivity contribution in [3.63, 3.8) is 0 Å². The number of methoxy groups -OCH3 is 2.